The summed E-state index contributed by atoms with van der Waals surface area (Å²) in [6.07, 6.45) is 14.5. The van der Waals surface area contributed by atoms with E-state index in [1.54, 1.807) is 0 Å². The molecule has 112 valence electrons. The van der Waals surface area contributed by atoms with E-state index in [1.165, 1.54) is 63.0 Å². The summed E-state index contributed by atoms with van der Waals surface area (Å²) < 4.78 is 0. The van der Waals surface area contributed by atoms with Gasteiger partial charge < -0.3 is 0 Å². The van der Waals surface area contributed by atoms with E-state index in [4.69, 9.17) is 5.26 Å². The highest BCUT2D eigenvalue weighted by atomic mass is 14.3. The van der Waals surface area contributed by atoms with Crippen LogP contribution in [0.3, 0.4) is 0 Å². The fourth-order valence-electron chi connectivity index (χ4n) is 3.48. The van der Waals surface area contributed by atoms with Crippen LogP contribution >= 0.6 is 0 Å². The smallest absolute Gasteiger partial charge is 0.0912 e. The molecule has 0 radical (unpaired) electrons. The molecule has 0 N–H and O–H groups in total. The van der Waals surface area contributed by atoms with E-state index in [9.17, 15) is 0 Å². The van der Waals surface area contributed by atoms with Gasteiger partial charge in [-0.3, -0.25) is 0 Å². The largest absolute Gasteiger partial charge is 0.193 e. The van der Waals surface area contributed by atoms with Gasteiger partial charge in [0.1, 0.15) is 0 Å². The number of nitrogens with zero attached hydrogens (tertiary/aromatic N) is 1. The third-order valence-electron chi connectivity index (χ3n) is 4.82. The summed E-state index contributed by atoms with van der Waals surface area (Å²) in [7, 11) is 0. The van der Waals surface area contributed by atoms with Crippen LogP contribution in [-0.4, -0.2) is 0 Å². The fourth-order valence-corrected chi connectivity index (χ4v) is 3.48. The molecule has 1 aliphatic carbocycles. The van der Waals surface area contributed by atoms with Crippen molar-refractivity contribution in [1.29, 1.82) is 5.26 Å². The standard InChI is InChI=1S/C20H27N/c1-2-3-4-6-17-8-12-19(13-9-17)20-14-10-18(11-15-20)7-5-16-21/h5,7,10-11,14-15,17,19H,2-4,6,8-9,12-13H2,1H3. The third kappa shape index (κ3) is 5.05. The molecule has 1 aromatic carbocycles. The van der Waals surface area contributed by atoms with Gasteiger partial charge in [-0.05, 0) is 54.7 Å². The molecule has 1 saturated carbocycles. The molecule has 0 heterocycles. The lowest BCUT2D eigenvalue weighted by molar-refractivity contribution is 0.303. The molecule has 0 spiro atoms. The first-order chi connectivity index (χ1) is 10.3. The molecule has 0 aromatic heterocycles. The van der Waals surface area contributed by atoms with Crippen molar-refractivity contribution in [2.24, 2.45) is 5.92 Å². The van der Waals surface area contributed by atoms with Gasteiger partial charge in [0.2, 0.25) is 0 Å². The van der Waals surface area contributed by atoms with Gasteiger partial charge in [0.05, 0.1) is 6.07 Å². The Morgan fingerprint density at radius 3 is 2.43 bits per heavy atom. The first-order valence-corrected chi connectivity index (χ1v) is 8.49. The second kappa shape index (κ2) is 8.67. The monoisotopic (exact) mass is 281 g/mol. The summed E-state index contributed by atoms with van der Waals surface area (Å²) in [5, 5.41) is 8.55. The maximum Gasteiger partial charge on any atom is 0.0912 e. The van der Waals surface area contributed by atoms with Gasteiger partial charge >= 0.3 is 0 Å². The number of hydrogen-bond acceptors (Lipinski definition) is 1. The Labute approximate surface area is 129 Å². The first kappa shape index (κ1) is 15.8. The normalized spacial score (nSPS) is 22.3. The van der Waals surface area contributed by atoms with Crippen LogP contribution in [0.1, 0.15) is 75.3 Å². The van der Waals surface area contributed by atoms with Crippen LogP contribution in [0.2, 0.25) is 0 Å². The van der Waals surface area contributed by atoms with Crippen molar-refractivity contribution in [2.75, 3.05) is 0 Å². The molecule has 2 rings (SSSR count). The molecule has 0 atom stereocenters. The van der Waals surface area contributed by atoms with E-state index in [0.29, 0.717) is 0 Å². The zero-order valence-electron chi connectivity index (χ0n) is 13.2. The Morgan fingerprint density at radius 1 is 1.10 bits per heavy atom. The summed E-state index contributed by atoms with van der Waals surface area (Å²) in [4.78, 5) is 0. The summed E-state index contributed by atoms with van der Waals surface area (Å²) in [6.45, 7) is 2.28. The quantitative estimate of drug-likeness (QED) is 0.458. The van der Waals surface area contributed by atoms with Crippen LogP contribution in [0.5, 0.6) is 0 Å². The lowest BCUT2D eigenvalue weighted by atomic mass is 9.77. The Morgan fingerprint density at radius 2 is 1.81 bits per heavy atom. The number of hydrogen-bond donors (Lipinski definition) is 0. The highest BCUT2D eigenvalue weighted by Gasteiger charge is 2.21. The number of unbranched alkanes of at least 4 members (excludes halogenated alkanes) is 2. The minimum absolute atomic E-state index is 0.751. The van der Waals surface area contributed by atoms with Gasteiger partial charge in [-0.2, -0.15) is 5.26 Å². The van der Waals surface area contributed by atoms with E-state index in [-0.39, 0.29) is 0 Å². The first-order valence-electron chi connectivity index (χ1n) is 8.49. The zero-order chi connectivity index (χ0) is 14.9. The molecule has 21 heavy (non-hydrogen) atoms. The summed E-state index contributed by atoms with van der Waals surface area (Å²) in [5.41, 5.74) is 2.60. The van der Waals surface area contributed by atoms with E-state index in [1.807, 2.05) is 12.1 Å². The lowest BCUT2D eigenvalue weighted by Crippen LogP contribution is -2.13. The predicted octanol–water partition coefficient (Wildman–Crippen LogP) is 6.08. The molecule has 0 aliphatic heterocycles. The van der Waals surface area contributed by atoms with E-state index < -0.39 is 0 Å². The van der Waals surface area contributed by atoms with Crippen LogP contribution in [0.4, 0.5) is 0 Å². The summed E-state index contributed by atoms with van der Waals surface area (Å²) >= 11 is 0. The molecular weight excluding hydrogens is 254 g/mol. The fraction of sp³-hybridized carbons (Fsp3) is 0.550. The topological polar surface area (TPSA) is 23.8 Å². The lowest BCUT2D eigenvalue weighted by Gasteiger charge is -2.29. The van der Waals surface area contributed by atoms with E-state index in [0.717, 1.165) is 17.4 Å². The molecule has 0 saturated heterocycles. The number of nitriles is 1. The Kier molecular flexibility index (Phi) is 6.54. The van der Waals surface area contributed by atoms with Crippen LogP contribution in [-0.2, 0) is 0 Å². The number of allylic oxidation sites excluding steroid dienone is 1. The second-order valence-electron chi connectivity index (χ2n) is 6.34. The Bertz CT molecular complexity index is 470. The van der Waals surface area contributed by atoms with Gasteiger partial charge in [-0.25, -0.2) is 0 Å². The molecule has 1 nitrogen and oxygen atoms in total. The Balaban J connectivity index is 1.82. The molecule has 1 aromatic rings. The summed E-state index contributed by atoms with van der Waals surface area (Å²) in [5.74, 6) is 1.73. The number of benzene rings is 1. The van der Waals surface area contributed by atoms with Gasteiger partial charge in [-0.15, -0.1) is 0 Å². The van der Waals surface area contributed by atoms with Gasteiger partial charge in [0, 0.05) is 6.08 Å². The van der Waals surface area contributed by atoms with Crippen molar-refractivity contribution in [3.05, 3.63) is 41.5 Å². The minimum Gasteiger partial charge on any atom is -0.193 e. The van der Waals surface area contributed by atoms with Crippen molar-refractivity contribution in [3.63, 3.8) is 0 Å². The zero-order valence-corrected chi connectivity index (χ0v) is 13.2. The van der Waals surface area contributed by atoms with Crippen molar-refractivity contribution in [2.45, 2.75) is 64.2 Å². The molecule has 1 aliphatic rings. The molecular formula is C20H27N. The average Bonchev–Trinajstić information content (AvgIpc) is 2.54. The van der Waals surface area contributed by atoms with Crippen LogP contribution in [0.25, 0.3) is 6.08 Å². The predicted molar refractivity (Wildman–Crippen MR) is 89.9 cm³/mol. The van der Waals surface area contributed by atoms with E-state index in [2.05, 4.69) is 31.2 Å². The van der Waals surface area contributed by atoms with Crippen molar-refractivity contribution >= 4 is 6.08 Å². The Hall–Kier alpha value is -1.55. The highest BCUT2D eigenvalue weighted by molar-refractivity contribution is 5.52. The maximum absolute atomic E-state index is 8.55. The highest BCUT2D eigenvalue weighted by Crippen LogP contribution is 2.37. The van der Waals surface area contributed by atoms with Crippen molar-refractivity contribution < 1.29 is 0 Å². The molecule has 1 fully saturated rings. The van der Waals surface area contributed by atoms with Crippen LogP contribution in [0, 0.1) is 17.2 Å². The minimum atomic E-state index is 0.751. The van der Waals surface area contributed by atoms with Gasteiger partial charge in [0.15, 0.2) is 0 Å². The van der Waals surface area contributed by atoms with Gasteiger partial charge in [0.25, 0.3) is 0 Å². The molecule has 0 unspecified atom stereocenters. The van der Waals surface area contributed by atoms with Crippen LogP contribution in [0.15, 0.2) is 30.3 Å². The third-order valence-corrected chi connectivity index (χ3v) is 4.82. The second-order valence-corrected chi connectivity index (χ2v) is 6.34. The van der Waals surface area contributed by atoms with Crippen LogP contribution < -0.4 is 0 Å². The van der Waals surface area contributed by atoms with Crippen molar-refractivity contribution in [1.82, 2.24) is 0 Å². The average molecular weight is 281 g/mol. The van der Waals surface area contributed by atoms with E-state index >= 15 is 0 Å². The maximum atomic E-state index is 8.55. The van der Waals surface area contributed by atoms with Gasteiger partial charge in [-0.1, -0.05) is 56.9 Å². The molecule has 1 heteroatoms. The SMILES string of the molecule is CCCCCC1CCC(c2ccc(C=CC#N)cc2)CC1. The molecule has 0 bridgehead atoms. The molecule has 0 amide bonds. The summed E-state index contributed by atoms with van der Waals surface area (Å²) in [6, 6.07) is 10.8. The number of rotatable bonds is 6. The van der Waals surface area contributed by atoms with Crippen molar-refractivity contribution in [3.8, 4) is 6.07 Å².